The third-order valence-corrected chi connectivity index (χ3v) is 6.24. The summed E-state index contributed by atoms with van der Waals surface area (Å²) in [6, 6.07) is 17.2. The predicted octanol–water partition coefficient (Wildman–Crippen LogP) is 4.97. The quantitative estimate of drug-likeness (QED) is 0.381. The van der Waals surface area contributed by atoms with E-state index in [2.05, 4.69) is 4.98 Å². The minimum atomic E-state index is -0.201. The summed E-state index contributed by atoms with van der Waals surface area (Å²) in [4.78, 5) is 27.3. The Bertz CT molecular complexity index is 1420. The van der Waals surface area contributed by atoms with Gasteiger partial charge in [0.15, 0.2) is 11.2 Å². The number of fused-ring (bicyclic) bond motifs is 1. The van der Waals surface area contributed by atoms with Gasteiger partial charge >= 0.3 is 0 Å². The van der Waals surface area contributed by atoms with Crippen LogP contribution in [0, 0.1) is 0 Å². The summed E-state index contributed by atoms with van der Waals surface area (Å²) in [5.74, 6) is 0.611. The van der Waals surface area contributed by atoms with Gasteiger partial charge in [-0.05, 0) is 31.2 Å². The highest BCUT2D eigenvalue weighted by Gasteiger charge is 2.18. The first-order chi connectivity index (χ1) is 15.1. The van der Waals surface area contributed by atoms with Gasteiger partial charge in [-0.15, -0.1) is 11.3 Å². The Morgan fingerprint density at radius 3 is 2.55 bits per heavy atom. The Hall–Kier alpha value is -3.29. The average molecular weight is 448 g/mol. The van der Waals surface area contributed by atoms with Crippen molar-refractivity contribution < 1.29 is 0 Å². The number of hydrogen-bond donors (Lipinski definition) is 0. The van der Waals surface area contributed by atoms with Gasteiger partial charge in [-0.1, -0.05) is 41.9 Å². The fourth-order valence-electron chi connectivity index (χ4n) is 3.51. The van der Waals surface area contributed by atoms with E-state index in [4.69, 9.17) is 21.6 Å². The summed E-state index contributed by atoms with van der Waals surface area (Å²) < 4.78 is 3.48. The lowest BCUT2D eigenvalue weighted by atomic mass is 10.2. The molecule has 2 aromatic carbocycles. The molecule has 0 fully saturated rings. The minimum absolute atomic E-state index is 0.201. The van der Waals surface area contributed by atoms with Crippen LogP contribution >= 0.6 is 22.9 Å². The number of imidazole rings is 1. The third-order valence-electron chi connectivity index (χ3n) is 5.05. The van der Waals surface area contributed by atoms with Crippen molar-refractivity contribution >= 4 is 34.1 Å². The molecule has 0 aliphatic carbocycles. The number of hydrogen-bond acceptors (Lipinski definition) is 5. The normalized spacial score (nSPS) is 11.3. The average Bonchev–Trinajstić information content (AvgIpc) is 3.43. The topological polar surface area (TPSA) is 65.6 Å². The molecule has 5 rings (SSSR count). The van der Waals surface area contributed by atoms with Crippen LogP contribution in [0.5, 0.6) is 0 Å². The highest BCUT2D eigenvalue weighted by atomic mass is 35.5. The maximum atomic E-state index is 13.4. The fraction of sp³-hybridized carbons (Fsp3) is 0.130. The van der Waals surface area contributed by atoms with E-state index in [1.807, 2.05) is 59.3 Å². The summed E-state index contributed by atoms with van der Waals surface area (Å²) in [5, 5.41) is 3.56. The molecule has 0 radical (unpaired) electrons. The lowest BCUT2D eigenvalue weighted by molar-refractivity contribution is 0.764. The van der Waals surface area contributed by atoms with Crippen LogP contribution < -0.4 is 5.56 Å². The second-order valence-electron chi connectivity index (χ2n) is 7.03. The number of rotatable bonds is 5. The predicted molar refractivity (Wildman–Crippen MR) is 124 cm³/mol. The van der Waals surface area contributed by atoms with Crippen molar-refractivity contribution in [3.05, 3.63) is 93.2 Å². The van der Waals surface area contributed by atoms with Crippen molar-refractivity contribution in [3.8, 4) is 16.3 Å². The summed E-state index contributed by atoms with van der Waals surface area (Å²) in [5.41, 5.74) is 3.37. The van der Waals surface area contributed by atoms with Gasteiger partial charge in [-0.3, -0.25) is 9.36 Å². The summed E-state index contributed by atoms with van der Waals surface area (Å²) in [7, 11) is 0. The maximum Gasteiger partial charge on any atom is 0.286 e. The molecule has 3 aromatic heterocycles. The van der Waals surface area contributed by atoms with Gasteiger partial charge in [0.05, 0.1) is 17.7 Å². The van der Waals surface area contributed by atoms with Crippen LogP contribution in [-0.2, 0) is 13.0 Å². The van der Waals surface area contributed by atoms with E-state index in [-0.39, 0.29) is 5.56 Å². The molecule has 0 aliphatic rings. The molecule has 6 nitrogen and oxygen atoms in total. The van der Waals surface area contributed by atoms with Crippen molar-refractivity contribution in [1.82, 2.24) is 24.1 Å². The molecule has 0 spiro atoms. The largest absolute Gasteiger partial charge is 0.315 e. The lowest BCUT2D eigenvalue weighted by Gasteiger charge is -2.12. The van der Waals surface area contributed by atoms with Crippen LogP contribution in [0.25, 0.3) is 27.4 Å². The molecule has 5 aromatic rings. The Balaban J connectivity index is 1.64. The minimum Gasteiger partial charge on any atom is -0.315 e. The summed E-state index contributed by atoms with van der Waals surface area (Å²) >= 11 is 7.64. The van der Waals surface area contributed by atoms with E-state index in [0.29, 0.717) is 40.7 Å². The van der Waals surface area contributed by atoms with Crippen molar-refractivity contribution in [3.63, 3.8) is 0 Å². The monoisotopic (exact) mass is 447 g/mol. The van der Waals surface area contributed by atoms with E-state index in [0.717, 1.165) is 16.3 Å². The molecule has 0 bridgehead atoms. The smallest absolute Gasteiger partial charge is 0.286 e. The first-order valence-corrected chi connectivity index (χ1v) is 11.1. The van der Waals surface area contributed by atoms with Gasteiger partial charge in [0.1, 0.15) is 10.8 Å². The van der Waals surface area contributed by atoms with Crippen molar-refractivity contribution in [1.29, 1.82) is 0 Å². The summed E-state index contributed by atoms with van der Waals surface area (Å²) in [6.07, 6.45) is 2.08. The standard InChI is InChI=1S/C23H18ClN5OS/c1-2-28-14-25-20-21(28)27-19(29(23(20)30)18-10-8-16(24)9-11-18)12-17-13-31-22(26-17)15-6-4-3-5-7-15/h3-11,13-14H,2,12H2,1H3. The molecule has 0 N–H and O–H groups in total. The fourth-order valence-corrected chi connectivity index (χ4v) is 4.46. The molecule has 0 atom stereocenters. The number of aromatic nitrogens is 5. The van der Waals surface area contributed by atoms with Gasteiger partial charge in [0.25, 0.3) is 5.56 Å². The Morgan fingerprint density at radius 2 is 1.81 bits per heavy atom. The lowest BCUT2D eigenvalue weighted by Crippen LogP contribution is -2.24. The summed E-state index contributed by atoms with van der Waals surface area (Å²) in [6.45, 7) is 2.68. The number of aryl methyl sites for hydroxylation is 1. The van der Waals surface area contributed by atoms with Gasteiger partial charge in [0, 0.05) is 28.9 Å². The van der Waals surface area contributed by atoms with Gasteiger partial charge < -0.3 is 4.57 Å². The van der Waals surface area contributed by atoms with E-state index in [1.165, 1.54) is 0 Å². The molecule has 3 heterocycles. The molecular weight excluding hydrogens is 430 g/mol. The van der Waals surface area contributed by atoms with Crippen LogP contribution in [0.15, 0.2) is 71.1 Å². The molecule has 0 amide bonds. The zero-order chi connectivity index (χ0) is 21.4. The highest BCUT2D eigenvalue weighted by molar-refractivity contribution is 7.13. The van der Waals surface area contributed by atoms with Crippen LogP contribution in [0.3, 0.4) is 0 Å². The number of benzene rings is 2. The molecule has 0 unspecified atom stereocenters. The Labute approximate surface area is 187 Å². The SMILES string of the molecule is CCn1cnc2c(=O)n(-c3ccc(Cl)cc3)c(Cc3csc(-c4ccccc4)n3)nc21. The molecule has 8 heteroatoms. The van der Waals surface area contributed by atoms with E-state index >= 15 is 0 Å². The van der Waals surface area contributed by atoms with Gasteiger partial charge in [-0.25, -0.2) is 15.0 Å². The van der Waals surface area contributed by atoms with Crippen LogP contribution in [0.4, 0.5) is 0 Å². The second kappa shape index (κ2) is 8.09. The molecular formula is C23H18ClN5OS. The number of nitrogens with zero attached hydrogens (tertiary/aromatic N) is 5. The molecule has 0 saturated carbocycles. The number of halogens is 1. The Kier molecular flexibility index (Phi) is 5.13. The number of thiazole rings is 1. The highest BCUT2D eigenvalue weighted by Crippen LogP contribution is 2.25. The molecule has 0 saturated heterocycles. The molecule has 31 heavy (non-hydrogen) atoms. The zero-order valence-corrected chi connectivity index (χ0v) is 18.3. The maximum absolute atomic E-state index is 13.4. The first kappa shape index (κ1) is 19.7. The van der Waals surface area contributed by atoms with Gasteiger partial charge in [0.2, 0.25) is 0 Å². The zero-order valence-electron chi connectivity index (χ0n) is 16.7. The molecule has 154 valence electrons. The molecule has 0 aliphatic heterocycles. The van der Waals surface area contributed by atoms with Crippen molar-refractivity contribution in [2.45, 2.75) is 19.9 Å². The second-order valence-corrected chi connectivity index (χ2v) is 8.33. The van der Waals surface area contributed by atoms with Crippen LogP contribution in [-0.4, -0.2) is 24.1 Å². The van der Waals surface area contributed by atoms with E-state index in [1.54, 1.807) is 34.4 Å². The van der Waals surface area contributed by atoms with Crippen LogP contribution in [0.2, 0.25) is 5.02 Å². The van der Waals surface area contributed by atoms with Crippen molar-refractivity contribution in [2.75, 3.05) is 0 Å². The third kappa shape index (κ3) is 3.66. The first-order valence-electron chi connectivity index (χ1n) is 9.86. The van der Waals surface area contributed by atoms with E-state index < -0.39 is 0 Å². The Morgan fingerprint density at radius 1 is 1.03 bits per heavy atom. The van der Waals surface area contributed by atoms with Crippen LogP contribution in [0.1, 0.15) is 18.4 Å². The van der Waals surface area contributed by atoms with Crippen molar-refractivity contribution in [2.24, 2.45) is 0 Å². The van der Waals surface area contributed by atoms with Gasteiger partial charge in [-0.2, -0.15) is 0 Å². The van der Waals surface area contributed by atoms with E-state index in [9.17, 15) is 4.79 Å².